The number of para-hydroxylation sites is 5. The number of nitrogens with two attached hydrogens (primary N) is 1. The Hall–Kier alpha value is -6.51. The van der Waals surface area contributed by atoms with Crippen molar-refractivity contribution in [1.82, 2.24) is 5.00 Å². The standard InChI is InChI=1S/C9H8FNO2.C9H10FNO.C9H9FO3.C9H7FO2.C6H5FO.C2H6O.ClH2NO/c10-7-3-1-2-6-8(11-12)4-5-13-9(6)7;10-7-3-1-2-6-8(11)4-5-12-9(6)7;10-7-3-1-2-4-8(7)13-6-5-9(11)12;10-7-3-1-2-6-8(11)4-5-12-9(6)7;7-5-3-1-2-4-6(5)8;2*1-2-3/h1-3,12H,4-5H2;1-3,8H,4-5,11H2;1-4H,5-6H2,(H,11,12);1-3H,4-5H2;1-4,8H;3H,2H2,1H3;2-3H/b11-8+;;;;;;. The number of rotatable bonds is 4. The van der Waals surface area contributed by atoms with Gasteiger partial charge in [-0.25, -0.2) is 22.0 Å². The second kappa shape index (κ2) is 29.7. The van der Waals surface area contributed by atoms with Gasteiger partial charge in [-0.1, -0.05) is 53.7 Å². The van der Waals surface area contributed by atoms with E-state index in [0.29, 0.717) is 48.6 Å². The van der Waals surface area contributed by atoms with Gasteiger partial charge in [0, 0.05) is 54.8 Å². The lowest BCUT2D eigenvalue weighted by Gasteiger charge is -2.22. The number of carbonyl (C=O) groups excluding carboxylic acids is 1. The normalized spacial score (nSPS) is 14.2. The first-order chi connectivity index (χ1) is 30.7. The number of benzene rings is 5. The smallest absolute Gasteiger partial charge is 0.306 e. The molecule has 8 rings (SSSR count). The number of carboxylic acid groups (broad SMARTS) is 1. The fourth-order valence-corrected chi connectivity index (χ4v) is 5.30. The first-order valence-corrected chi connectivity index (χ1v) is 19.5. The molecule has 0 bridgehead atoms. The number of aromatic hydroxyl groups is 1. The van der Waals surface area contributed by atoms with Gasteiger partial charge in [0.25, 0.3) is 0 Å². The van der Waals surface area contributed by atoms with E-state index in [1.165, 1.54) is 59.6 Å². The second-order valence-electron chi connectivity index (χ2n) is 12.6. The fourth-order valence-electron chi connectivity index (χ4n) is 5.30. The molecule has 8 N–H and O–H groups in total. The summed E-state index contributed by atoms with van der Waals surface area (Å²) in [5, 5.41) is 43.2. The summed E-state index contributed by atoms with van der Waals surface area (Å²) in [5.74, 6) is -2.85. The number of oxime groups is 1. The summed E-state index contributed by atoms with van der Waals surface area (Å²) < 4.78 is 84.3. The molecule has 346 valence electrons. The number of aliphatic hydroxyl groups is 1. The first kappa shape index (κ1) is 53.6. The van der Waals surface area contributed by atoms with E-state index in [-0.39, 0.29) is 66.9 Å². The van der Waals surface area contributed by atoms with E-state index >= 15 is 0 Å². The van der Waals surface area contributed by atoms with Crippen LogP contribution in [0.15, 0.2) is 108 Å². The van der Waals surface area contributed by atoms with Crippen LogP contribution in [0.5, 0.6) is 28.7 Å². The molecule has 14 nitrogen and oxygen atoms in total. The Labute approximate surface area is 369 Å². The average molecular weight is 924 g/mol. The SMILES string of the molecule is CCO.NC1CCOc2c(F)cccc21.O/N=C1\CCOc2c(F)cccc21.O=C(O)CCOc1ccccc1F.O=C1CCOc2c(F)cccc21.ONCl.Oc1ccccc1F. The maximum absolute atomic E-state index is 13.1. The van der Waals surface area contributed by atoms with Gasteiger partial charge in [0.2, 0.25) is 0 Å². The number of carbonyl (C=O) groups is 2. The van der Waals surface area contributed by atoms with Crippen LogP contribution < -0.4 is 29.7 Å². The van der Waals surface area contributed by atoms with Crippen molar-refractivity contribution < 1.29 is 76.2 Å². The Bertz CT molecular complexity index is 2220. The van der Waals surface area contributed by atoms with Crippen molar-refractivity contribution in [2.45, 2.75) is 38.6 Å². The Morgan fingerprint density at radius 1 is 0.766 bits per heavy atom. The molecule has 3 heterocycles. The number of ether oxygens (including phenoxy) is 4. The van der Waals surface area contributed by atoms with E-state index in [1.807, 2.05) is 6.07 Å². The molecule has 5 aromatic rings. The number of phenols is 1. The van der Waals surface area contributed by atoms with Crippen LogP contribution >= 0.6 is 11.8 Å². The molecule has 0 saturated heterocycles. The van der Waals surface area contributed by atoms with Crippen LogP contribution in [0.4, 0.5) is 22.0 Å². The highest BCUT2D eigenvalue weighted by Gasteiger charge is 2.22. The summed E-state index contributed by atoms with van der Waals surface area (Å²) in [4.78, 5) is 22.5. The van der Waals surface area contributed by atoms with Crippen molar-refractivity contribution in [3.8, 4) is 28.7 Å². The largest absolute Gasteiger partial charge is 0.505 e. The fraction of sp³-hybridized carbons (Fsp3) is 0.250. The van der Waals surface area contributed by atoms with E-state index in [1.54, 1.807) is 49.4 Å². The number of Topliss-reactive ketones (excluding diaryl/α,β-unsaturated/α-hetero) is 1. The number of nitrogens with one attached hydrogen (secondary N) is 1. The lowest BCUT2D eigenvalue weighted by molar-refractivity contribution is -0.137. The molecule has 1 unspecified atom stereocenters. The van der Waals surface area contributed by atoms with Crippen molar-refractivity contribution in [3.05, 3.63) is 149 Å². The molecule has 0 aliphatic carbocycles. The molecular weight excluding hydrogens is 877 g/mol. The lowest BCUT2D eigenvalue weighted by atomic mass is 10.0. The van der Waals surface area contributed by atoms with Crippen LogP contribution in [-0.4, -0.2) is 76.2 Å². The molecule has 3 aliphatic heterocycles. The van der Waals surface area contributed by atoms with Crippen molar-refractivity contribution in [2.24, 2.45) is 10.9 Å². The topological polar surface area (TPSA) is 223 Å². The van der Waals surface area contributed by atoms with E-state index < -0.39 is 29.2 Å². The predicted molar refractivity (Wildman–Crippen MR) is 225 cm³/mol. The molecule has 0 amide bonds. The monoisotopic (exact) mass is 923 g/mol. The molecular formula is C44H47ClF5N3O11. The zero-order valence-electron chi connectivity index (χ0n) is 34.2. The molecule has 1 atom stereocenters. The highest BCUT2D eigenvalue weighted by atomic mass is 35.5. The quantitative estimate of drug-likeness (QED) is 0.0389. The maximum atomic E-state index is 13.1. The minimum Gasteiger partial charge on any atom is -0.505 e. The molecule has 5 aromatic carbocycles. The van der Waals surface area contributed by atoms with Gasteiger partial charge < -0.3 is 50.4 Å². The molecule has 0 aromatic heterocycles. The molecule has 0 spiro atoms. The average Bonchev–Trinajstić information content (AvgIpc) is 3.28. The summed E-state index contributed by atoms with van der Waals surface area (Å²) in [7, 11) is 0. The van der Waals surface area contributed by atoms with Gasteiger partial charge >= 0.3 is 5.97 Å². The van der Waals surface area contributed by atoms with Crippen molar-refractivity contribution in [1.29, 1.82) is 0 Å². The van der Waals surface area contributed by atoms with Gasteiger partial charge in [0.15, 0.2) is 63.6 Å². The highest BCUT2D eigenvalue weighted by Crippen LogP contribution is 2.32. The van der Waals surface area contributed by atoms with Gasteiger partial charge in [0.1, 0.15) is 0 Å². The molecule has 0 saturated carbocycles. The zero-order valence-corrected chi connectivity index (χ0v) is 35.0. The van der Waals surface area contributed by atoms with Crippen LogP contribution in [0.1, 0.15) is 60.1 Å². The molecule has 0 fully saturated rings. The van der Waals surface area contributed by atoms with Crippen LogP contribution in [0, 0.1) is 29.1 Å². The Morgan fingerprint density at radius 3 is 1.77 bits per heavy atom. The molecule has 3 aliphatic rings. The first-order valence-electron chi connectivity index (χ1n) is 19.1. The van der Waals surface area contributed by atoms with Gasteiger partial charge in [-0.2, -0.15) is 0 Å². The molecule has 20 heteroatoms. The van der Waals surface area contributed by atoms with Gasteiger partial charge in [-0.05, 0) is 61.5 Å². The van der Waals surface area contributed by atoms with Crippen molar-refractivity contribution in [2.75, 3.05) is 33.0 Å². The third kappa shape index (κ3) is 18.1. The number of hydrogen-bond acceptors (Lipinski definition) is 13. The minimum atomic E-state index is -0.962. The third-order valence-electron chi connectivity index (χ3n) is 8.16. The van der Waals surface area contributed by atoms with Crippen molar-refractivity contribution in [3.63, 3.8) is 0 Å². The van der Waals surface area contributed by atoms with E-state index in [9.17, 15) is 31.5 Å². The summed E-state index contributed by atoms with van der Waals surface area (Å²) in [6, 6.07) is 25.2. The summed E-state index contributed by atoms with van der Waals surface area (Å²) in [6.45, 7) is 3.06. The number of aliphatic carboxylic acids is 1. The summed E-state index contributed by atoms with van der Waals surface area (Å²) >= 11 is 4.30. The van der Waals surface area contributed by atoms with Gasteiger partial charge in [-0.3, -0.25) is 9.59 Å². The zero-order chi connectivity index (χ0) is 47.4. The highest BCUT2D eigenvalue weighted by molar-refractivity contribution is 6.12. The van der Waals surface area contributed by atoms with Gasteiger partial charge in [0.05, 0.1) is 44.1 Å². The van der Waals surface area contributed by atoms with Crippen LogP contribution in [0.3, 0.4) is 0 Å². The minimum absolute atomic E-state index is 0.0176. The number of fused-ring (bicyclic) bond motifs is 3. The van der Waals surface area contributed by atoms with E-state index in [0.717, 1.165) is 12.0 Å². The number of nitrogens with zero attached hydrogens (tertiary/aromatic N) is 1. The maximum Gasteiger partial charge on any atom is 0.306 e. The number of phenolic OH excluding ortho intramolecular Hbond substituents is 1. The lowest BCUT2D eigenvalue weighted by Crippen LogP contribution is -2.21. The van der Waals surface area contributed by atoms with E-state index in [4.69, 9.17) is 50.4 Å². The van der Waals surface area contributed by atoms with Crippen LogP contribution in [0.25, 0.3) is 0 Å². The Kier molecular flexibility index (Phi) is 24.9. The third-order valence-corrected chi connectivity index (χ3v) is 8.16. The summed E-state index contributed by atoms with van der Waals surface area (Å²) in [5.41, 5.74) is 7.92. The Morgan fingerprint density at radius 2 is 1.25 bits per heavy atom. The van der Waals surface area contributed by atoms with Crippen LogP contribution in [0.2, 0.25) is 0 Å². The number of hydrogen-bond donors (Lipinski definition) is 7. The predicted octanol–water partition coefficient (Wildman–Crippen LogP) is 8.51. The second-order valence-corrected chi connectivity index (χ2v) is 12.7. The summed E-state index contributed by atoms with van der Waals surface area (Å²) in [6.07, 6.45) is 1.48. The number of halogens is 6. The molecule has 0 radical (unpaired) electrons. The molecule has 64 heavy (non-hydrogen) atoms. The van der Waals surface area contributed by atoms with Gasteiger partial charge in [-0.15, -0.1) is 5.00 Å². The Balaban J connectivity index is 0.000000268. The van der Waals surface area contributed by atoms with Crippen molar-refractivity contribution >= 4 is 29.2 Å². The van der Waals surface area contributed by atoms with Crippen LogP contribution in [-0.2, 0) is 4.79 Å². The number of carboxylic acids is 1. The number of ketones is 1. The number of aliphatic hydroxyl groups excluding tert-OH is 1. The van der Waals surface area contributed by atoms with E-state index in [2.05, 4.69) is 16.9 Å².